The molecule has 1 atom stereocenters. The van der Waals surface area contributed by atoms with Gasteiger partial charge in [-0.3, -0.25) is 0 Å². The molecule has 106 valence electrons. The van der Waals surface area contributed by atoms with Gasteiger partial charge in [-0.1, -0.05) is 36.4 Å². The Bertz CT molecular complexity index is 763. The largest absolute Gasteiger partial charge is 0.507 e. The number of hydrogen-bond acceptors (Lipinski definition) is 3. The molecule has 3 nitrogen and oxygen atoms in total. The number of benzene rings is 3. The van der Waals surface area contributed by atoms with Crippen molar-refractivity contribution in [2.75, 3.05) is 5.32 Å². The van der Waals surface area contributed by atoms with Gasteiger partial charge in [0.25, 0.3) is 0 Å². The maximum atomic E-state index is 9.91. The molecule has 0 fully saturated rings. The molecule has 0 spiro atoms. The molecule has 0 aliphatic carbocycles. The van der Waals surface area contributed by atoms with Crippen LogP contribution in [0.15, 0.2) is 60.7 Å². The van der Waals surface area contributed by atoms with E-state index in [1.165, 1.54) is 5.39 Å². The van der Waals surface area contributed by atoms with Gasteiger partial charge in [-0.15, -0.1) is 0 Å². The van der Waals surface area contributed by atoms with Gasteiger partial charge in [-0.2, -0.15) is 0 Å². The molecule has 21 heavy (non-hydrogen) atoms. The van der Waals surface area contributed by atoms with Gasteiger partial charge in [0.15, 0.2) is 0 Å². The predicted octanol–water partition coefficient (Wildman–Crippen LogP) is 4.42. The minimum Gasteiger partial charge on any atom is -0.507 e. The van der Waals surface area contributed by atoms with Crippen molar-refractivity contribution in [1.82, 2.24) is 0 Å². The van der Waals surface area contributed by atoms with Crippen LogP contribution in [0.25, 0.3) is 10.8 Å². The topological polar surface area (TPSA) is 52.5 Å². The van der Waals surface area contributed by atoms with Crippen LogP contribution in [0.5, 0.6) is 11.5 Å². The fourth-order valence-electron chi connectivity index (χ4n) is 2.59. The molecule has 0 heterocycles. The number of phenols is 2. The van der Waals surface area contributed by atoms with Crippen LogP contribution in [0.3, 0.4) is 0 Å². The van der Waals surface area contributed by atoms with Crippen molar-refractivity contribution < 1.29 is 10.2 Å². The van der Waals surface area contributed by atoms with E-state index in [2.05, 4.69) is 29.6 Å². The molecule has 0 saturated heterocycles. The van der Waals surface area contributed by atoms with E-state index in [1.807, 2.05) is 25.1 Å². The summed E-state index contributed by atoms with van der Waals surface area (Å²) in [6.45, 7) is 1.91. The fourth-order valence-corrected chi connectivity index (χ4v) is 2.59. The Morgan fingerprint density at radius 2 is 1.48 bits per heavy atom. The number of phenolic OH excluding ortho intramolecular Hbond substituents is 2. The Morgan fingerprint density at radius 1 is 0.810 bits per heavy atom. The number of anilines is 1. The molecule has 0 aromatic heterocycles. The van der Waals surface area contributed by atoms with Crippen molar-refractivity contribution in [3.8, 4) is 11.5 Å². The molecule has 3 aromatic carbocycles. The van der Waals surface area contributed by atoms with Crippen molar-refractivity contribution in [1.29, 1.82) is 0 Å². The van der Waals surface area contributed by atoms with Gasteiger partial charge >= 0.3 is 0 Å². The SMILES string of the molecule is CC(Nc1ccc2ccccc2c1)c1c(O)cccc1O. The van der Waals surface area contributed by atoms with Crippen molar-refractivity contribution in [3.05, 3.63) is 66.2 Å². The quantitative estimate of drug-likeness (QED) is 0.665. The maximum absolute atomic E-state index is 9.91. The highest BCUT2D eigenvalue weighted by Crippen LogP contribution is 2.34. The Morgan fingerprint density at radius 3 is 2.19 bits per heavy atom. The highest BCUT2D eigenvalue weighted by Gasteiger charge is 2.14. The van der Waals surface area contributed by atoms with Crippen molar-refractivity contribution >= 4 is 16.5 Å². The molecule has 0 saturated carbocycles. The van der Waals surface area contributed by atoms with E-state index in [1.54, 1.807) is 18.2 Å². The van der Waals surface area contributed by atoms with Gasteiger partial charge < -0.3 is 15.5 Å². The van der Waals surface area contributed by atoms with Crippen LogP contribution < -0.4 is 5.32 Å². The van der Waals surface area contributed by atoms with Crippen LogP contribution in [0.2, 0.25) is 0 Å². The van der Waals surface area contributed by atoms with Crippen LogP contribution in [0.4, 0.5) is 5.69 Å². The minimum absolute atomic E-state index is 0.0933. The fraction of sp³-hybridized carbons (Fsp3) is 0.111. The maximum Gasteiger partial charge on any atom is 0.124 e. The number of aromatic hydroxyl groups is 2. The average Bonchev–Trinajstić information content (AvgIpc) is 2.47. The van der Waals surface area contributed by atoms with Gasteiger partial charge in [-0.25, -0.2) is 0 Å². The first-order valence-corrected chi connectivity index (χ1v) is 6.91. The summed E-state index contributed by atoms with van der Waals surface area (Å²) in [5, 5.41) is 25.5. The zero-order valence-electron chi connectivity index (χ0n) is 11.7. The first kappa shape index (κ1) is 13.3. The summed E-state index contributed by atoms with van der Waals surface area (Å²) in [5.41, 5.74) is 1.45. The van der Waals surface area contributed by atoms with E-state index in [-0.39, 0.29) is 17.5 Å². The first-order valence-electron chi connectivity index (χ1n) is 6.91. The van der Waals surface area contributed by atoms with E-state index >= 15 is 0 Å². The van der Waals surface area contributed by atoms with Crippen LogP contribution in [-0.2, 0) is 0 Å². The summed E-state index contributed by atoms with van der Waals surface area (Å²) in [7, 11) is 0. The van der Waals surface area contributed by atoms with Crippen LogP contribution in [0, 0.1) is 0 Å². The lowest BCUT2D eigenvalue weighted by atomic mass is 10.0. The molecule has 3 heteroatoms. The summed E-state index contributed by atoms with van der Waals surface area (Å²) in [5.74, 6) is 0.187. The molecule has 3 aromatic rings. The highest BCUT2D eigenvalue weighted by molar-refractivity contribution is 5.85. The monoisotopic (exact) mass is 279 g/mol. The lowest BCUT2D eigenvalue weighted by Crippen LogP contribution is -2.07. The van der Waals surface area contributed by atoms with E-state index < -0.39 is 0 Å². The first-order chi connectivity index (χ1) is 10.1. The lowest BCUT2D eigenvalue weighted by molar-refractivity contribution is 0.434. The Labute approximate surface area is 123 Å². The molecule has 0 aliphatic heterocycles. The van der Waals surface area contributed by atoms with Gasteiger partial charge in [0.1, 0.15) is 11.5 Å². The number of nitrogens with one attached hydrogen (secondary N) is 1. The number of fused-ring (bicyclic) bond motifs is 1. The molecule has 1 unspecified atom stereocenters. The second kappa shape index (κ2) is 5.37. The molecular weight excluding hydrogens is 262 g/mol. The molecule has 3 N–H and O–H groups in total. The molecule has 0 amide bonds. The zero-order chi connectivity index (χ0) is 14.8. The smallest absolute Gasteiger partial charge is 0.124 e. The summed E-state index contributed by atoms with van der Waals surface area (Å²) in [4.78, 5) is 0. The molecule has 0 aliphatic rings. The number of hydrogen-bond donors (Lipinski definition) is 3. The molecule has 0 bridgehead atoms. The Balaban J connectivity index is 1.91. The third-order valence-corrected chi connectivity index (χ3v) is 3.63. The zero-order valence-corrected chi connectivity index (χ0v) is 11.7. The van der Waals surface area contributed by atoms with E-state index in [0.717, 1.165) is 11.1 Å². The summed E-state index contributed by atoms with van der Waals surface area (Å²) >= 11 is 0. The normalized spacial score (nSPS) is 12.2. The summed E-state index contributed by atoms with van der Waals surface area (Å²) in [6.07, 6.45) is 0. The third kappa shape index (κ3) is 2.63. The second-order valence-electron chi connectivity index (χ2n) is 5.14. The van der Waals surface area contributed by atoms with Gasteiger partial charge in [0.2, 0.25) is 0 Å². The van der Waals surface area contributed by atoms with Crippen LogP contribution in [0.1, 0.15) is 18.5 Å². The molecular formula is C18H17NO2. The molecule has 3 rings (SSSR count). The third-order valence-electron chi connectivity index (χ3n) is 3.63. The molecule has 0 radical (unpaired) electrons. The summed E-state index contributed by atoms with van der Waals surface area (Å²) in [6, 6.07) is 18.8. The van der Waals surface area contributed by atoms with Crippen molar-refractivity contribution in [3.63, 3.8) is 0 Å². The van der Waals surface area contributed by atoms with Gasteiger partial charge in [0.05, 0.1) is 11.6 Å². The average molecular weight is 279 g/mol. The lowest BCUT2D eigenvalue weighted by Gasteiger charge is -2.18. The Kier molecular flexibility index (Phi) is 3.40. The standard InChI is InChI=1S/C18H17NO2/c1-12(18-16(20)7-4-8-17(18)21)19-15-10-9-13-5-2-3-6-14(13)11-15/h2-12,19-21H,1H3. The second-order valence-corrected chi connectivity index (χ2v) is 5.14. The van der Waals surface area contributed by atoms with Crippen molar-refractivity contribution in [2.45, 2.75) is 13.0 Å². The van der Waals surface area contributed by atoms with E-state index in [4.69, 9.17) is 0 Å². The van der Waals surface area contributed by atoms with E-state index in [0.29, 0.717) is 5.56 Å². The predicted molar refractivity (Wildman–Crippen MR) is 85.8 cm³/mol. The van der Waals surface area contributed by atoms with Crippen LogP contribution in [-0.4, -0.2) is 10.2 Å². The van der Waals surface area contributed by atoms with Crippen LogP contribution >= 0.6 is 0 Å². The minimum atomic E-state index is -0.202. The summed E-state index contributed by atoms with van der Waals surface area (Å²) < 4.78 is 0. The van der Waals surface area contributed by atoms with Crippen molar-refractivity contribution in [2.24, 2.45) is 0 Å². The van der Waals surface area contributed by atoms with E-state index in [9.17, 15) is 10.2 Å². The number of rotatable bonds is 3. The highest BCUT2D eigenvalue weighted by atomic mass is 16.3. The van der Waals surface area contributed by atoms with Gasteiger partial charge in [-0.05, 0) is 42.0 Å². The van der Waals surface area contributed by atoms with Gasteiger partial charge in [0, 0.05) is 5.69 Å². The Hall–Kier alpha value is -2.68.